The third-order valence-electron chi connectivity index (χ3n) is 5.28. The summed E-state index contributed by atoms with van der Waals surface area (Å²) in [5, 5.41) is 7.68. The second-order valence-electron chi connectivity index (χ2n) is 7.85. The number of amidine groups is 1. The Bertz CT molecular complexity index is 421. The van der Waals surface area contributed by atoms with Crippen LogP contribution in [-0.2, 0) is 0 Å². The van der Waals surface area contributed by atoms with Crippen molar-refractivity contribution in [3.63, 3.8) is 0 Å². The van der Waals surface area contributed by atoms with E-state index in [1.54, 1.807) is 5.57 Å². The molecule has 3 atom stereocenters. The van der Waals surface area contributed by atoms with Crippen molar-refractivity contribution in [3.05, 3.63) is 11.6 Å². The molecule has 0 heterocycles. The van der Waals surface area contributed by atoms with Gasteiger partial charge in [-0.25, -0.2) is 0 Å². The zero-order valence-corrected chi connectivity index (χ0v) is 11.3. The molecular weight excluding hydrogens is 208 g/mol. The van der Waals surface area contributed by atoms with E-state index in [0.29, 0.717) is 22.1 Å². The van der Waals surface area contributed by atoms with Gasteiger partial charge in [0.1, 0.15) is 0 Å². The van der Waals surface area contributed by atoms with E-state index in [9.17, 15) is 0 Å². The maximum atomic E-state index is 7.68. The third-order valence-corrected chi connectivity index (χ3v) is 5.28. The highest BCUT2D eigenvalue weighted by Crippen LogP contribution is 2.71. The molecule has 2 nitrogen and oxygen atoms in total. The van der Waals surface area contributed by atoms with Crippen molar-refractivity contribution < 1.29 is 0 Å². The van der Waals surface area contributed by atoms with Crippen LogP contribution in [0.1, 0.15) is 52.9 Å². The van der Waals surface area contributed by atoms with E-state index in [1.165, 1.54) is 25.7 Å². The molecule has 3 aliphatic rings. The molecule has 3 aliphatic carbocycles. The smallest absolute Gasteiger partial charge is 0.0910 e. The molecule has 0 aliphatic heterocycles. The van der Waals surface area contributed by atoms with Gasteiger partial charge < -0.3 is 5.73 Å². The number of allylic oxidation sites excluding steroid dienone is 2. The quantitative estimate of drug-likeness (QED) is 0.427. The lowest BCUT2D eigenvalue weighted by molar-refractivity contribution is 0.131. The molecule has 0 radical (unpaired) electrons. The molecule has 17 heavy (non-hydrogen) atoms. The van der Waals surface area contributed by atoms with Crippen LogP contribution in [0.5, 0.6) is 0 Å². The minimum atomic E-state index is 0.293. The van der Waals surface area contributed by atoms with Crippen molar-refractivity contribution in [2.24, 2.45) is 27.9 Å². The van der Waals surface area contributed by atoms with Crippen LogP contribution in [0.15, 0.2) is 11.6 Å². The lowest BCUT2D eigenvalue weighted by atomic mass is 9.57. The van der Waals surface area contributed by atoms with Crippen LogP contribution in [0.2, 0.25) is 0 Å². The predicted octanol–water partition coefficient (Wildman–Crippen LogP) is 3.48. The van der Waals surface area contributed by atoms with Gasteiger partial charge in [-0.3, -0.25) is 5.41 Å². The van der Waals surface area contributed by atoms with Gasteiger partial charge in [-0.1, -0.05) is 32.4 Å². The van der Waals surface area contributed by atoms with Crippen molar-refractivity contribution in [3.8, 4) is 0 Å². The molecule has 0 aromatic heterocycles. The summed E-state index contributed by atoms with van der Waals surface area (Å²) < 4.78 is 0. The predicted molar refractivity (Wildman–Crippen MR) is 70.9 cm³/mol. The summed E-state index contributed by atoms with van der Waals surface area (Å²) in [7, 11) is 0. The highest BCUT2D eigenvalue weighted by Gasteiger charge is 2.61. The molecule has 0 aromatic rings. The number of hydrogen-bond donors (Lipinski definition) is 2. The van der Waals surface area contributed by atoms with Crippen molar-refractivity contribution in [2.75, 3.05) is 0 Å². The molecular formula is C15H24N2. The minimum absolute atomic E-state index is 0.293. The van der Waals surface area contributed by atoms with E-state index in [-0.39, 0.29) is 0 Å². The lowest BCUT2D eigenvalue weighted by Crippen LogP contribution is -2.38. The zero-order chi connectivity index (χ0) is 12.5. The van der Waals surface area contributed by atoms with E-state index >= 15 is 0 Å². The first-order chi connectivity index (χ1) is 7.74. The molecule has 0 amide bonds. The van der Waals surface area contributed by atoms with Gasteiger partial charge in [0.05, 0.1) is 5.84 Å². The SMILES string of the molecule is CC1(C)C=C2CC3(C)CC(CC(=N)N)(CC23)C1. The Kier molecular flexibility index (Phi) is 1.97. The number of rotatable bonds is 2. The Balaban J connectivity index is 2.00. The second-order valence-corrected chi connectivity index (χ2v) is 7.85. The molecule has 3 unspecified atom stereocenters. The molecule has 94 valence electrons. The monoisotopic (exact) mass is 232 g/mol. The summed E-state index contributed by atoms with van der Waals surface area (Å²) in [6.45, 7) is 7.13. The van der Waals surface area contributed by atoms with Crippen LogP contribution in [0.3, 0.4) is 0 Å². The first-order valence-electron chi connectivity index (χ1n) is 6.78. The second kappa shape index (κ2) is 2.96. The van der Waals surface area contributed by atoms with E-state index in [4.69, 9.17) is 11.1 Å². The summed E-state index contributed by atoms with van der Waals surface area (Å²) >= 11 is 0. The zero-order valence-electron chi connectivity index (χ0n) is 11.3. The van der Waals surface area contributed by atoms with Crippen molar-refractivity contribution >= 4 is 5.84 Å². The van der Waals surface area contributed by atoms with Gasteiger partial charge in [0.2, 0.25) is 0 Å². The van der Waals surface area contributed by atoms with Crippen molar-refractivity contribution in [1.29, 1.82) is 5.41 Å². The number of nitrogens with two attached hydrogens (primary N) is 1. The molecule has 0 saturated heterocycles. The third kappa shape index (κ3) is 1.56. The summed E-state index contributed by atoms with van der Waals surface area (Å²) in [6, 6.07) is 0. The van der Waals surface area contributed by atoms with Crippen LogP contribution >= 0.6 is 0 Å². The average molecular weight is 232 g/mol. The molecule has 2 fully saturated rings. The largest absolute Gasteiger partial charge is 0.388 e. The van der Waals surface area contributed by atoms with Gasteiger partial charge in [0.15, 0.2) is 0 Å². The van der Waals surface area contributed by atoms with Gasteiger partial charge in [-0.05, 0) is 47.8 Å². The molecule has 2 heteroatoms. The fourth-order valence-electron chi connectivity index (χ4n) is 5.36. The van der Waals surface area contributed by atoms with Gasteiger partial charge in [-0.15, -0.1) is 0 Å². The van der Waals surface area contributed by atoms with Gasteiger partial charge in [0, 0.05) is 6.42 Å². The maximum Gasteiger partial charge on any atom is 0.0910 e. The number of nitrogens with one attached hydrogen (secondary N) is 1. The summed E-state index contributed by atoms with van der Waals surface area (Å²) in [6.07, 6.45) is 8.39. The molecule has 3 rings (SSSR count). The van der Waals surface area contributed by atoms with Crippen molar-refractivity contribution in [2.45, 2.75) is 52.9 Å². The van der Waals surface area contributed by atoms with Gasteiger partial charge >= 0.3 is 0 Å². The highest BCUT2D eigenvalue weighted by molar-refractivity contribution is 5.77. The van der Waals surface area contributed by atoms with Crippen molar-refractivity contribution in [1.82, 2.24) is 0 Å². The first-order valence-corrected chi connectivity index (χ1v) is 6.78. The highest BCUT2D eigenvalue weighted by atomic mass is 14.7. The minimum Gasteiger partial charge on any atom is -0.388 e. The summed E-state index contributed by atoms with van der Waals surface area (Å²) in [4.78, 5) is 0. The molecule has 3 N–H and O–H groups in total. The van der Waals surface area contributed by atoms with E-state index in [1.807, 2.05) is 0 Å². The van der Waals surface area contributed by atoms with Crippen LogP contribution in [0, 0.1) is 27.6 Å². The molecule has 2 saturated carbocycles. The van der Waals surface area contributed by atoms with Crippen LogP contribution in [0.25, 0.3) is 0 Å². The first kappa shape index (κ1) is 11.3. The van der Waals surface area contributed by atoms with E-state index in [0.717, 1.165) is 12.3 Å². The lowest BCUT2D eigenvalue weighted by Gasteiger charge is -2.48. The fraction of sp³-hybridized carbons (Fsp3) is 0.800. The van der Waals surface area contributed by atoms with Gasteiger partial charge in [0.25, 0.3) is 0 Å². The van der Waals surface area contributed by atoms with Crippen LogP contribution < -0.4 is 5.73 Å². The standard InChI is InChI=1S/C15H24N2/c1-13(2)4-10-5-14(3)9-15(8-13,6-11(10)14)7-12(16)17/h4,11H,5-9H2,1-3H3,(H3,16,17). The number of fused-ring (bicyclic) bond motifs is 1. The Morgan fingerprint density at radius 1 is 1.41 bits per heavy atom. The fourth-order valence-corrected chi connectivity index (χ4v) is 5.36. The Morgan fingerprint density at radius 3 is 2.76 bits per heavy atom. The number of hydrogen-bond acceptors (Lipinski definition) is 1. The maximum absolute atomic E-state index is 7.68. The van der Waals surface area contributed by atoms with Crippen LogP contribution in [0.4, 0.5) is 0 Å². The van der Waals surface area contributed by atoms with Crippen LogP contribution in [-0.4, -0.2) is 5.84 Å². The Morgan fingerprint density at radius 2 is 2.12 bits per heavy atom. The normalized spacial score (nSPS) is 45.8. The van der Waals surface area contributed by atoms with E-state index < -0.39 is 0 Å². The van der Waals surface area contributed by atoms with E-state index in [2.05, 4.69) is 26.8 Å². The molecule has 0 aromatic carbocycles. The summed E-state index contributed by atoms with van der Waals surface area (Å²) in [5.41, 5.74) is 8.53. The molecule has 0 spiro atoms. The molecule has 2 bridgehead atoms. The Hall–Kier alpha value is -0.790. The topological polar surface area (TPSA) is 49.9 Å². The Labute approximate surface area is 104 Å². The average Bonchev–Trinajstić information content (AvgIpc) is 2.23. The van der Waals surface area contributed by atoms with Gasteiger partial charge in [-0.2, -0.15) is 0 Å². The summed E-state index contributed by atoms with van der Waals surface area (Å²) in [5.74, 6) is 1.18.